The minimum atomic E-state index is -3.57. The van der Waals surface area contributed by atoms with E-state index in [4.69, 9.17) is 4.74 Å². The molecule has 0 spiro atoms. The molecular weight excluding hydrogens is 424 g/mol. The second kappa shape index (κ2) is 7.79. The van der Waals surface area contributed by atoms with Gasteiger partial charge in [-0.1, -0.05) is 36.4 Å². The van der Waals surface area contributed by atoms with Crippen molar-refractivity contribution in [1.29, 1.82) is 0 Å². The second-order valence-electron chi connectivity index (χ2n) is 9.02. The van der Waals surface area contributed by atoms with E-state index >= 15 is 0 Å². The van der Waals surface area contributed by atoms with Gasteiger partial charge in [-0.05, 0) is 24.3 Å². The van der Waals surface area contributed by atoms with Crippen LogP contribution in [0.5, 0.6) is 5.88 Å². The molecule has 6 rings (SSSR count). The molecule has 2 saturated heterocycles. The third-order valence-electron chi connectivity index (χ3n) is 6.84. The van der Waals surface area contributed by atoms with E-state index in [0.717, 1.165) is 29.4 Å². The summed E-state index contributed by atoms with van der Waals surface area (Å²) < 4.78 is 34.8. The van der Waals surface area contributed by atoms with Crippen molar-refractivity contribution in [3.05, 3.63) is 60.6 Å². The lowest BCUT2D eigenvalue weighted by Crippen LogP contribution is -2.51. The van der Waals surface area contributed by atoms with E-state index in [1.165, 1.54) is 12.8 Å². The summed E-state index contributed by atoms with van der Waals surface area (Å²) in [5, 5.41) is 1.72. The normalized spacial score (nSPS) is 24.5. The highest BCUT2D eigenvalue weighted by molar-refractivity contribution is 7.89. The van der Waals surface area contributed by atoms with Crippen molar-refractivity contribution >= 4 is 20.8 Å². The molecule has 3 heterocycles. The third kappa shape index (κ3) is 3.66. The molecule has 32 heavy (non-hydrogen) atoms. The van der Waals surface area contributed by atoms with Gasteiger partial charge in [0.25, 0.3) is 0 Å². The zero-order valence-electron chi connectivity index (χ0n) is 17.8. The van der Waals surface area contributed by atoms with E-state index in [2.05, 4.69) is 14.9 Å². The fourth-order valence-electron chi connectivity index (χ4n) is 4.98. The van der Waals surface area contributed by atoms with Crippen LogP contribution in [0, 0.1) is 0 Å². The lowest BCUT2D eigenvalue weighted by Gasteiger charge is -2.36. The molecule has 1 saturated carbocycles. The van der Waals surface area contributed by atoms with Crippen molar-refractivity contribution in [3.63, 3.8) is 0 Å². The number of rotatable bonds is 5. The van der Waals surface area contributed by atoms with Crippen LogP contribution in [0.3, 0.4) is 0 Å². The lowest BCUT2D eigenvalue weighted by molar-refractivity contribution is 0.151. The predicted molar refractivity (Wildman–Crippen MR) is 121 cm³/mol. The molecule has 3 aliphatic rings. The van der Waals surface area contributed by atoms with Crippen molar-refractivity contribution in [2.45, 2.75) is 42.2 Å². The van der Waals surface area contributed by atoms with Crippen molar-refractivity contribution in [2.24, 2.45) is 0 Å². The Morgan fingerprint density at radius 2 is 1.78 bits per heavy atom. The summed E-state index contributed by atoms with van der Waals surface area (Å²) in [6.07, 6.45) is 6.74. The third-order valence-corrected chi connectivity index (χ3v) is 8.76. The standard InChI is InChI=1S/C24H26N4O3S/c29-32(30,23-7-3-5-17-4-1-2-6-21(17)23)28-11-10-27-16-20(12-19(27)15-28)31-24-14-25-22(13-26-24)18-8-9-18/h1-7,13-14,18-20H,8-12,15-16H2/t19-,20-/m0/s1. The zero-order chi connectivity index (χ0) is 21.7. The van der Waals surface area contributed by atoms with Crippen LogP contribution in [-0.4, -0.2) is 65.9 Å². The molecule has 0 unspecified atom stereocenters. The lowest BCUT2D eigenvalue weighted by atomic mass is 10.1. The van der Waals surface area contributed by atoms with Gasteiger partial charge in [0.05, 0.1) is 23.0 Å². The van der Waals surface area contributed by atoms with Gasteiger partial charge in [-0.25, -0.2) is 13.4 Å². The van der Waals surface area contributed by atoms with Crippen LogP contribution < -0.4 is 4.74 Å². The van der Waals surface area contributed by atoms with Gasteiger partial charge >= 0.3 is 0 Å². The first-order valence-corrected chi connectivity index (χ1v) is 12.7. The topological polar surface area (TPSA) is 75.6 Å². The van der Waals surface area contributed by atoms with Gasteiger partial charge in [-0.2, -0.15) is 4.31 Å². The van der Waals surface area contributed by atoms with Crippen molar-refractivity contribution in [1.82, 2.24) is 19.2 Å². The Balaban J connectivity index is 1.16. The molecule has 2 atom stereocenters. The van der Waals surface area contributed by atoms with E-state index in [-0.39, 0.29) is 12.1 Å². The average Bonchev–Trinajstić information content (AvgIpc) is 3.58. The summed E-state index contributed by atoms with van der Waals surface area (Å²) in [6, 6.07) is 13.3. The Bertz CT molecular complexity index is 1240. The Hall–Kier alpha value is -2.55. The summed E-state index contributed by atoms with van der Waals surface area (Å²) in [4.78, 5) is 11.7. The fourth-order valence-corrected chi connectivity index (χ4v) is 6.66. The number of aromatic nitrogens is 2. The van der Waals surface area contributed by atoms with Crippen LogP contribution in [0.4, 0.5) is 0 Å². The Kier molecular flexibility index (Phi) is 4.89. The fraction of sp³-hybridized carbons (Fsp3) is 0.417. The summed E-state index contributed by atoms with van der Waals surface area (Å²) >= 11 is 0. The molecule has 3 fully saturated rings. The monoisotopic (exact) mass is 450 g/mol. The van der Waals surface area contributed by atoms with Gasteiger partial charge < -0.3 is 4.74 Å². The minimum absolute atomic E-state index is 0.00119. The van der Waals surface area contributed by atoms with E-state index in [9.17, 15) is 8.42 Å². The number of hydrogen-bond donors (Lipinski definition) is 0. The van der Waals surface area contributed by atoms with Gasteiger partial charge in [0.2, 0.25) is 15.9 Å². The maximum absolute atomic E-state index is 13.5. The van der Waals surface area contributed by atoms with Crippen LogP contribution in [0.25, 0.3) is 10.8 Å². The smallest absolute Gasteiger partial charge is 0.243 e. The highest BCUT2D eigenvalue weighted by atomic mass is 32.2. The first kappa shape index (κ1) is 20.1. The molecule has 166 valence electrons. The maximum Gasteiger partial charge on any atom is 0.243 e. The summed E-state index contributed by atoms with van der Waals surface area (Å²) in [6.45, 7) is 2.47. The first-order valence-electron chi connectivity index (χ1n) is 11.3. The number of benzene rings is 2. The molecule has 0 N–H and O–H groups in total. The molecule has 8 heteroatoms. The van der Waals surface area contributed by atoms with Gasteiger partial charge in [0.15, 0.2) is 0 Å². The minimum Gasteiger partial charge on any atom is -0.472 e. The largest absolute Gasteiger partial charge is 0.472 e. The second-order valence-corrected chi connectivity index (χ2v) is 10.9. The van der Waals surface area contributed by atoms with Gasteiger partial charge in [-0.3, -0.25) is 9.88 Å². The van der Waals surface area contributed by atoms with E-state index in [0.29, 0.717) is 36.3 Å². The van der Waals surface area contributed by atoms with E-state index in [1.54, 1.807) is 16.6 Å². The van der Waals surface area contributed by atoms with Gasteiger partial charge in [0.1, 0.15) is 6.10 Å². The van der Waals surface area contributed by atoms with Crippen LogP contribution in [0.1, 0.15) is 30.9 Å². The molecule has 2 aliphatic heterocycles. The number of sulfonamides is 1. The van der Waals surface area contributed by atoms with E-state index < -0.39 is 10.0 Å². The first-order chi connectivity index (χ1) is 15.6. The summed E-state index contributed by atoms with van der Waals surface area (Å²) in [5.41, 5.74) is 1.05. The predicted octanol–water partition coefficient (Wildman–Crippen LogP) is 3.03. The Morgan fingerprint density at radius 1 is 0.938 bits per heavy atom. The van der Waals surface area contributed by atoms with Crippen molar-refractivity contribution in [2.75, 3.05) is 26.2 Å². The molecule has 1 aliphatic carbocycles. The summed E-state index contributed by atoms with van der Waals surface area (Å²) in [5.74, 6) is 1.13. The van der Waals surface area contributed by atoms with Gasteiger partial charge in [0, 0.05) is 49.9 Å². The van der Waals surface area contributed by atoms with Crippen LogP contribution in [0.2, 0.25) is 0 Å². The number of fused-ring (bicyclic) bond motifs is 2. The molecule has 2 aromatic carbocycles. The van der Waals surface area contributed by atoms with Gasteiger partial charge in [-0.15, -0.1) is 0 Å². The molecule has 0 amide bonds. The number of nitrogens with zero attached hydrogens (tertiary/aromatic N) is 4. The summed E-state index contributed by atoms with van der Waals surface area (Å²) in [7, 11) is -3.57. The van der Waals surface area contributed by atoms with Crippen LogP contribution >= 0.6 is 0 Å². The molecular formula is C24H26N4O3S. The number of hydrogen-bond acceptors (Lipinski definition) is 6. The van der Waals surface area contributed by atoms with Crippen LogP contribution in [0.15, 0.2) is 59.8 Å². The SMILES string of the molecule is O=S(=O)(c1cccc2ccccc12)N1CCN2C[C@@H](Oc3cnc(C4CC4)cn3)C[C@H]2C1. The Labute approximate surface area is 188 Å². The molecule has 7 nitrogen and oxygen atoms in total. The van der Waals surface area contributed by atoms with Crippen molar-refractivity contribution in [3.8, 4) is 5.88 Å². The van der Waals surface area contributed by atoms with E-state index in [1.807, 2.05) is 42.6 Å². The molecule has 0 bridgehead atoms. The molecule has 0 radical (unpaired) electrons. The molecule has 1 aromatic heterocycles. The zero-order valence-corrected chi connectivity index (χ0v) is 18.6. The highest BCUT2D eigenvalue weighted by Gasteiger charge is 2.41. The Morgan fingerprint density at radius 3 is 2.59 bits per heavy atom. The quantitative estimate of drug-likeness (QED) is 0.595. The average molecular weight is 451 g/mol. The number of piperazine rings is 1. The van der Waals surface area contributed by atoms with Crippen molar-refractivity contribution < 1.29 is 13.2 Å². The number of ether oxygens (including phenoxy) is 1. The maximum atomic E-state index is 13.5. The van der Waals surface area contributed by atoms with Crippen LogP contribution in [-0.2, 0) is 10.0 Å². The highest BCUT2D eigenvalue weighted by Crippen LogP contribution is 2.38. The molecule has 3 aromatic rings.